The Bertz CT molecular complexity index is 136. The van der Waals surface area contributed by atoms with Gasteiger partial charge in [-0.1, -0.05) is 13.8 Å². The second kappa shape index (κ2) is 2.67. The summed E-state index contributed by atoms with van der Waals surface area (Å²) in [5, 5.41) is 0. The summed E-state index contributed by atoms with van der Waals surface area (Å²) in [4.78, 5) is 0. The van der Waals surface area contributed by atoms with Gasteiger partial charge in [-0.2, -0.15) is 0 Å². The van der Waals surface area contributed by atoms with Crippen LogP contribution in [0.15, 0.2) is 0 Å². The molecule has 2 nitrogen and oxygen atoms in total. The number of rotatable bonds is 1. The average Bonchev–Trinajstić information content (AvgIpc) is 2.16. The van der Waals surface area contributed by atoms with Gasteiger partial charge in [-0.15, -0.1) is 0 Å². The first-order chi connectivity index (χ1) is 4.15. The van der Waals surface area contributed by atoms with Crippen LogP contribution in [0.4, 0.5) is 0 Å². The highest BCUT2D eigenvalue weighted by Gasteiger charge is 2.27. The predicted octanol–water partition coefficient (Wildman–Crippen LogP) is 1.75. The molecule has 0 spiro atoms. The molecule has 0 N–H and O–H groups in total. The van der Waals surface area contributed by atoms with Gasteiger partial charge in [0.15, 0.2) is 6.49 Å². The van der Waals surface area contributed by atoms with Gasteiger partial charge in [0.2, 0.25) is 0 Å². The maximum atomic E-state index is 5.31. The van der Waals surface area contributed by atoms with E-state index >= 15 is 0 Å². The van der Waals surface area contributed by atoms with E-state index in [1.54, 1.807) is 0 Å². The first kappa shape index (κ1) is 7.67. The molecule has 4 heteroatoms. The highest BCUT2D eigenvalue weighted by Crippen LogP contribution is 2.56. The smallest absolute Gasteiger partial charge is 0.191 e. The standard InChI is InChI=1S/C5H11O2PS/c1-5(2)8(9)6-3-4-7-8/h5H,3-4H2,1-2H3. The summed E-state index contributed by atoms with van der Waals surface area (Å²) in [6.07, 6.45) is 0. The Morgan fingerprint density at radius 2 is 1.78 bits per heavy atom. The van der Waals surface area contributed by atoms with Gasteiger partial charge in [-0.3, -0.25) is 0 Å². The lowest BCUT2D eigenvalue weighted by molar-refractivity contribution is 0.365. The lowest BCUT2D eigenvalue weighted by Crippen LogP contribution is -1.96. The summed E-state index contributed by atoms with van der Waals surface area (Å²) >= 11 is 5.16. The average molecular weight is 166 g/mol. The third-order valence-electron chi connectivity index (χ3n) is 1.26. The molecule has 9 heavy (non-hydrogen) atoms. The first-order valence-electron chi connectivity index (χ1n) is 3.04. The molecule has 0 aromatic rings. The Kier molecular flexibility index (Phi) is 2.27. The summed E-state index contributed by atoms with van der Waals surface area (Å²) in [6, 6.07) is 0. The molecule has 1 saturated heterocycles. The quantitative estimate of drug-likeness (QED) is 0.553. The molecule has 54 valence electrons. The van der Waals surface area contributed by atoms with Crippen LogP contribution < -0.4 is 0 Å². The summed E-state index contributed by atoms with van der Waals surface area (Å²) < 4.78 is 10.6. The molecule has 0 aromatic heterocycles. The third-order valence-corrected chi connectivity index (χ3v) is 5.51. The maximum Gasteiger partial charge on any atom is 0.191 e. The maximum absolute atomic E-state index is 5.31. The first-order valence-corrected chi connectivity index (χ1v) is 5.75. The van der Waals surface area contributed by atoms with E-state index in [4.69, 9.17) is 20.9 Å². The fourth-order valence-corrected chi connectivity index (χ4v) is 2.44. The second-order valence-corrected chi connectivity index (χ2v) is 6.46. The van der Waals surface area contributed by atoms with E-state index in [2.05, 4.69) is 0 Å². The fourth-order valence-electron chi connectivity index (χ4n) is 0.664. The minimum absolute atomic E-state index is 0.370. The van der Waals surface area contributed by atoms with Crippen LogP contribution >= 0.6 is 6.49 Å². The lowest BCUT2D eigenvalue weighted by atomic mass is 10.6. The van der Waals surface area contributed by atoms with Crippen molar-refractivity contribution < 1.29 is 9.05 Å². The summed E-state index contributed by atoms with van der Waals surface area (Å²) in [5.41, 5.74) is 0.370. The van der Waals surface area contributed by atoms with Crippen LogP contribution in [0.3, 0.4) is 0 Å². The third kappa shape index (κ3) is 1.53. The van der Waals surface area contributed by atoms with E-state index < -0.39 is 6.49 Å². The van der Waals surface area contributed by atoms with Crippen LogP contribution in [-0.2, 0) is 20.9 Å². The van der Waals surface area contributed by atoms with Crippen molar-refractivity contribution in [2.75, 3.05) is 13.2 Å². The zero-order valence-electron chi connectivity index (χ0n) is 5.66. The molecular weight excluding hydrogens is 155 g/mol. The Morgan fingerprint density at radius 1 is 1.33 bits per heavy atom. The van der Waals surface area contributed by atoms with Gasteiger partial charge < -0.3 is 9.05 Å². The van der Waals surface area contributed by atoms with E-state index in [0.29, 0.717) is 18.9 Å². The van der Waals surface area contributed by atoms with Crippen molar-refractivity contribution in [1.82, 2.24) is 0 Å². The molecule has 1 aliphatic heterocycles. The van der Waals surface area contributed by atoms with Crippen molar-refractivity contribution in [3.8, 4) is 0 Å². The van der Waals surface area contributed by atoms with E-state index in [9.17, 15) is 0 Å². The van der Waals surface area contributed by atoms with Gasteiger partial charge in [-0.05, 0) is 11.8 Å². The van der Waals surface area contributed by atoms with Gasteiger partial charge in [-0.25, -0.2) is 0 Å². The zero-order valence-corrected chi connectivity index (χ0v) is 7.37. The molecule has 0 bridgehead atoms. The van der Waals surface area contributed by atoms with E-state index in [1.807, 2.05) is 13.8 Å². The molecule has 0 atom stereocenters. The second-order valence-electron chi connectivity index (χ2n) is 2.30. The Morgan fingerprint density at radius 3 is 2.00 bits per heavy atom. The Hall–Kier alpha value is 0.570. The van der Waals surface area contributed by atoms with Crippen LogP contribution in [0, 0.1) is 0 Å². The van der Waals surface area contributed by atoms with Gasteiger partial charge in [0, 0.05) is 5.66 Å². The topological polar surface area (TPSA) is 18.5 Å². The molecular formula is C5H11O2PS. The largest absolute Gasteiger partial charge is 0.327 e. The molecule has 0 aromatic carbocycles. The molecule has 1 heterocycles. The highest BCUT2D eigenvalue weighted by molar-refractivity contribution is 8.10. The summed E-state index contributed by atoms with van der Waals surface area (Å²) in [6.45, 7) is 3.67. The minimum atomic E-state index is -1.81. The predicted molar refractivity (Wildman–Crippen MR) is 41.3 cm³/mol. The zero-order chi connectivity index (χ0) is 6.91. The molecule has 1 fully saturated rings. The van der Waals surface area contributed by atoms with Crippen LogP contribution in [0.5, 0.6) is 0 Å². The monoisotopic (exact) mass is 166 g/mol. The van der Waals surface area contributed by atoms with Crippen molar-refractivity contribution in [3.63, 3.8) is 0 Å². The number of hydrogen-bond donors (Lipinski definition) is 0. The van der Waals surface area contributed by atoms with Crippen molar-refractivity contribution >= 4 is 18.3 Å². The van der Waals surface area contributed by atoms with Crippen molar-refractivity contribution in [2.45, 2.75) is 19.5 Å². The van der Waals surface area contributed by atoms with Gasteiger partial charge in [0.25, 0.3) is 0 Å². The van der Waals surface area contributed by atoms with Crippen LogP contribution in [0.25, 0.3) is 0 Å². The van der Waals surface area contributed by atoms with Crippen LogP contribution in [0.2, 0.25) is 0 Å². The SMILES string of the molecule is CC(C)P1(=S)OCCO1. The summed E-state index contributed by atoms with van der Waals surface area (Å²) in [5.74, 6) is 0. The summed E-state index contributed by atoms with van der Waals surface area (Å²) in [7, 11) is 0. The van der Waals surface area contributed by atoms with Crippen molar-refractivity contribution in [2.24, 2.45) is 0 Å². The molecule has 0 aliphatic carbocycles. The fraction of sp³-hybridized carbons (Fsp3) is 1.00. The van der Waals surface area contributed by atoms with E-state index in [0.717, 1.165) is 0 Å². The molecule has 0 radical (unpaired) electrons. The molecule has 0 saturated carbocycles. The van der Waals surface area contributed by atoms with Crippen molar-refractivity contribution in [3.05, 3.63) is 0 Å². The minimum Gasteiger partial charge on any atom is -0.327 e. The molecule has 0 amide bonds. The Balaban J connectivity index is 2.62. The van der Waals surface area contributed by atoms with Gasteiger partial charge in [0.05, 0.1) is 13.2 Å². The number of hydrogen-bond acceptors (Lipinski definition) is 3. The molecule has 0 unspecified atom stereocenters. The Labute approximate surface area is 60.7 Å². The van der Waals surface area contributed by atoms with Gasteiger partial charge >= 0.3 is 0 Å². The highest BCUT2D eigenvalue weighted by atomic mass is 32.5. The van der Waals surface area contributed by atoms with Crippen LogP contribution in [0.1, 0.15) is 13.8 Å². The van der Waals surface area contributed by atoms with Crippen LogP contribution in [-0.4, -0.2) is 18.9 Å². The lowest BCUT2D eigenvalue weighted by Gasteiger charge is -2.16. The van der Waals surface area contributed by atoms with E-state index in [1.165, 1.54) is 0 Å². The normalized spacial score (nSPS) is 25.2. The van der Waals surface area contributed by atoms with Crippen molar-refractivity contribution in [1.29, 1.82) is 0 Å². The van der Waals surface area contributed by atoms with E-state index in [-0.39, 0.29) is 0 Å². The molecule has 1 aliphatic rings. The van der Waals surface area contributed by atoms with Gasteiger partial charge in [0.1, 0.15) is 0 Å². The molecule has 1 rings (SSSR count).